The smallest absolute Gasteiger partial charge is 0.331 e. The minimum absolute atomic E-state index is 0.408. The Labute approximate surface area is 129 Å². The summed E-state index contributed by atoms with van der Waals surface area (Å²) >= 11 is 1.63. The van der Waals surface area contributed by atoms with E-state index in [0.717, 1.165) is 11.3 Å². The van der Waals surface area contributed by atoms with Gasteiger partial charge in [0.15, 0.2) is 0 Å². The van der Waals surface area contributed by atoms with Gasteiger partial charge in [-0.1, -0.05) is 60.7 Å². The molecule has 0 spiro atoms. The normalized spacial score (nSPS) is 13.4. The molecule has 0 heterocycles. The van der Waals surface area contributed by atoms with Crippen LogP contribution in [0.25, 0.3) is 0 Å². The fourth-order valence-electron chi connectivity index (χ4n) is 2.08. The van der Waals surface area contributed by atoms with Crippen molar-refractivity contribution < 1.29 is 9.53 Å². The Morgan fingerprint density at radius 1 is 1.10 bits per heavy atom. The van der Waals surface area contributed by atoms with Gasteiger partial charge in [-0.05, 0) is 11.1 Å². The SMILES string of the molecule is COC(=O)C(N)(CSCc1ccccc1)c1ccccc1. The molecule has 0 aliphatic carbocycles. The Bertz CT molecular complexity index is 574. The van der Waals surface area contributed by atoms with Gasteiger partial charge in [0.2, 0.25) is 0 Å². The molecule has 3 nitrogen and oxygen atoms in total. The first-order chi connectivity index (χ1) is 10.2. The van der Waals surface area contributed by atoms with E-state index < -0.39 is 11.5 Å². The molecule has 2 aromatic carbocycles. The largest absolute Gasteiger partial charge is 0.467 e. The molecule has 2 aromatic rings. The van der Waals surface area contributed by atoms with Crippen molar-refractivity contribution >= 4 is 17.7 Å². The van der Waals surface area contributed by atoms with Crippen LogP contribution >= 0.6 is 11.8 Å². The van der Waals surface area contributed by atoms with E-state index in [0.29, 0.717) is 5.75 Å². The van der Waals surface area contributed by atoms with Crippen molar-refractivity contribution in [3.05, 3.63) is 71.8 Å². The second-order valence-corrected chi connectivity index (χ2v) is 5.79. The van der Waals surface area contributed by atoms with Crippen molar-refractivity contribution in [3.8, 4) is 0 Å². The van der Waals surface area contributed by atoms with E-state index in [1.807, 2.05) is 48.5 Å². The number of thioether (sulfide) groups is 1. The third-order valence-electron chi connectivity index (χ3n) is 3.28. The second-order valence-electron chi connectivity index (χ2n) is 4.81. The van der Waals surface area contributed by atoms with E-state index in [9.17, 15) is 4.79 Å². The summed E-state index contributed by atoms with van der Waals surface area (Å²) in [6.45, 7) is 0. The third kappa shape index (κ3) is 3.86. The molecule has 21 heavy (non-hydrogen) atoms. The van der Waals surface area contributed by atoms with Gasteiger partial charge in [0.1, 0.15) is 5.54 Å². The zero-order valence-corrected chi connectivity index (χ0v) is 12.8. The number of rotatable bonds is 6. The summed E-state index contributed by atoms with van der Waals surface area (Å²) in [7, 11) is 1.37. The van der Waals surface area contributed by atoms with Crippen LogP contribution < -0.4 is 5.73 Å². The second kappa shape index (κ2) is 7.29. The van der Waals surface area contributed by atoms with E-state index in [4.69, 9.17) is 10.5 Å². The van der Waals surface area contributed by atoms with Crippen LogP contribution in [0.3, 0.4) is 0 Å². The molecule has 0 radical (unpaired) electrons. The van der Waals surface area contributed by atoms with Crippen LogP contribution in [0.2, 0.25) is 0 Å². The van der Waals surface area contributed by atoms with Gasteiger partial charge in [-0.15, -0.1) is 0 Å². The lowest BCUT2D eigenvalue weighted by Gasteiger charge is -2.26. The first kappa shape index (κ1) is 15.6. The van der Waals surface area contributed by atoms with Crippen molar-refractivity contribution in [1.29, 1.82) is 0 Å². The highest BCUT2D eigenvalue weighted by molar-refractivity contribution is 7.98. The van der Waals surface area contributed by atoms with Crippen molar-refractivity contribution in [2.24, 2.45) is 5.73 Å². The highest BCUT2D eigenvalue weighted by Crippen LogP contribution is 2.26. The molecule has 4 heteroatoms. The fraction of sp³-hybridized carbons (Fsp3) is 0.235. The quantitative estimate of drug-likeness (QED) is 0.834. The summed E-state index contributed by atoms with van der Waals surface area (Å²) in [5, 5.41) is 0. The molecule has 0 amide bonds. The Kier molecular flexibility index (Phi) is 5.42. The zero-order valence-electron chi connectivity index (χ0n) is 12.0. The first-order valence-electron chi connectivity index (χ1n) is 6.71. The number of carbonyl (C=O) groups is 1. The molecule has 0 fully saturated rings. The first-order valence-corrected chi connectivity index (χ1v) is 7.87. The van der Waals surface area contributed by atoms with Gasteiger partial charge in [0.05, 0.1) is 7.11 Å². The lowest BCUT2D eigenvalue weighted by Crippen LogP contribution is -2.48. The van der Waals surface area contributed by atoms with Crippen molar-refractivity contribution in [2.45, 2.75) is 11.3 Å². The predicted molar refractivity (Wildman–Crippen MR) is 86.9 cm³/mol. The Balaban J connectivity index is 2.09. The summed E-state index contributed by atoms with van der Waals surface area (Å²) in [4.78, 5) is 12.1. The third-order valence-corrected chi connectivity index (χ3v) is 4.48. The zero-order chi connectivity index (χ0) is 15.1. The van der Waals surface area contributed by atoms with Crippen LogP contribution in [0, 0.1) is 0 Å². The Morgan fingerprint density at radius 3 is 2.24 bits per heavy atom. The minimum Gasteiger partial charge on any atom is -0.467 e. The number of hydrogen-bond acceptors (Lipinski definition) is 4. The number of benzene rings is 2. The van der Waals surface area contributed by atoms with E-state index >= 15 is 0 Å². The Morgan fingerprint density at radius 2 is 1.67 bits per heavy atom. The predicted octanol–water partition coefficient (Wildman–Crippen LogP) is 2.95. The maximum absolute atomic E-state index is 12.1. The lowest BCUT2D eigenvalue weighted by molar-refractivity contribution is -0.146. The molecule has 0 aromatic heterocycles. The molecule has 1 atom stereocenters. The van der Waals surface area contributed by atoms with Gasteiger partial charge in [-0.25, -0.2) is 4.79 Å². The number of methoxy groups -OCH3 is 1. The van der Waals surface area contributed by atoms with Crippen LogP contribution in [-0.2, 0) is 20.8 Å². The van der Waals surface area contributed by atoms with Gasteiger partial charge >= 0.3 is 5.97 Å². The number of nitrogens with two attached hydrogens (primary N) is 1. The summed E-state index contributed by atoms with van der Waals surface area (Å²) in [6.07, 6.45) is 0. The van der Waals surface area contributed by atoms with Crippen LogP contribution in [0.4, 0.5) is 0 Å². The van der Waals surface area contributed by atoms with E-state index in [1.165, 1.54) is 12.7 Å². The molecule has 0 aliphatic heterocycles. The maximum Gasteiger partial charge on any atom is 0.331 e. The molecule has 110 valence electrons. The lowest BCUT2D eigenvalue weighted by atomic mass is 9.93. The molecule has 0 saturated heterocycles. The fourth-order valence-corrected chi connectivity index (χ4v) is 3.22. The molecule has 0 saturated carbocycles. The summed E-state index contributed by atoms with van der Waals surface area (Å²) < 4.78 is 4.90. The number of esters is 1. The molecular weight excluding hydrogens is 282 g/mol. The van der Waals surface area contributed by atoms with Crippen LogP contribution in [0.15, 0.2) is 60.7 Å². The number of carbonyl (C=O) groups excluding carboxylic acids is 1. The minimum atomic E-state index is -1.12. The van der Waals surface area contributed by atoms with Crippen LogP contribution in [-0.4, -0.2) is 18.8 Å². The number of hydrogen-bond donors (Lipinski definition) is 1. The molecule has 2 rings (SSSR count). The van der Waals surface area contributed by atoms with Gasteiger partial charge < -0.3 is 10.5 Å². The highest BCUT2D eigenvalue weighted by atomic mass is 32.2. The number of ether oxygens (including phenoxy) is 1. The molecular formula is C17H19NO2S. The molecule has 1 unspecified atom stereocenters. The topological polar surface area (TPSA) is 52.3 Å². The van der Waals surface area contributed by atoms with E-state index in [-0.39, 0.29) is 0 Å². The Hall–Kier alpha value is -1.78. The standard InChI is InChI=1S/C17H19NO2S/c1-20-16(19)17(18,15-10-6-3-7-11-15)13-21-12-14-8-4-2-5-9-14/h2-11H,12-13,18H2,1H3. The van der Waals surface area contributed by atoms with E-state index in [2.05, 4.69) is 12.1 Å². The van der Waals surface area contributed by atoms with Crippen molar-refractivity contribution in [2.75, 3.05) is 12.9 Å². The molecule has 0 bridgehead atoms. The van der Waals surface area contributed by atoms with Crippen LogP contribution in [0.5, 0.6) is 0 Å². The highest BCUT2D eigenvalue weighted by Gasteiger charge is 2.37. The van der Waals surface area contributed by atoms with Crippen molar-refractivity contribution in [3.63, 3.8) is 0 Å². The maximum atomic E-state index is 12.1. The summed E-state index contributed by atoms with van der Waals surface area (Å²) in [6, 6.07) is 19.5. The van der Waals surface area contributed by atoms with E-state index in [1.54, 1.807) is 11.8 Å². The van der Waals surface area contributed by atoms with Gasteiger partial charge in [-0.2, -0.15) is 11.8 Å². The van der Waals surface area contributed by atoms with Crippen LogP contribution in [0.1, 0.15) is 11.1 Å². The molecule has 0 aliphatic rings. The average molecular weight is 301 g/mol. The summed E-state index contributed by atoms with van der Waals surface area (Å²) in [5.74, 6) is 0.872. The van der Waals surface area contributed by atoms with Gasteiger partial charge in [-0.3, -0.25) is 0 Å². The molecule has 2 N–H and O–H groups in total. The van der Waals surface area contributed by atoms with Crippen molar-refractivity contribution in [1.82, 2.24) is 0 Å². The average Bonchev–Trinajstić information content (AvgIpc) is 2.55. The van der Waals surface area contributed by atoms with Gasteiger partial charge in [0, 0.05) is 11.5 Å². The summed E-state index contributed by atoms with van der Waals surface area (Å²) in [5.41, 5.74) is 7.21. The monoisotopic (exact) mass is 301 g/mol. The van der Waals surface area contributed by atoms with Gasteiger partial charge in [0.25, 0.3) is 0 Å².